The molecule has 1 N–H and O–H groups in total. The SMILES string of the molecule is CCOc1ccccc1NC(=O)CSC1CC(=O)N(c2ccccc2)C1=O. The highest BCUT2D eigenvalue weighted by molar-refractivity contribution is 8.01. The first-order chi connectivity index (χ1) is 13.1. The number of amides is 3. The minimum atomic E-state index is -0.550. The van der Waals surface area contributed by atoms with Crippen molar-refractivity contribution in [3.8, 4) is 5.75 Å². The van der Waals surface area contributed by atoms with Gasteiger partial charge in [0.25, 0.3) is 0 Å². The predicted molar refractivity (Wildman–Crippen MR) is 106 cm³/mol. The molecule has 2 aromatic rings. The number of anilines is 2. The van der Waals surface area contributed by atoms with Crippen LogP contribution in [0, 0.1) is 0 Å². The summed E-state index contributed by atoms with van der Waals surface area (Å²) in [5.74, 6) is -0.0944. The Morgan fingerprint density at radius 3 is 2.59 bits per heavy atom. The number of carbonyl (C=O) groups excluding carboxylic acids is 3. The van der Waals surface area contributed by atoms with Crippen molar-refractivity contribution in [1.29, 1.82) is 0 Å². The maximum Gasteiger partial charge on any atom is 0.247 e. The molecule has 6 nitrogen and oxygen atoms in total. The molecule has 0 bridgehead atoms. The van der Waals surface area contributed by atoms with Crippen LogP contribution < -0.4 is 15.0 Å². The van der Waals surface area contributed by atoms with E-state index >= 15 is 0 Å². The van der Waals surface area contributed by atoms with Crippen molar-refractivity contribution in [3.63, 3.8) is 0 Å². The van der Waals surface area contributed by atoms with E-state index in [1.165, 1.54) is 16.7 Å². The Morgan fingerprint density at radius 2 is 1.85 bits per heavy atom. The van der Waals surface area contributed by atoms with Crippen LogP contribution in [0.1, 0.15) is 13.3 Å². The Kier molecular flexibility index (Phi) is 6.13. The standard InChI is InChI=1S/C20H20N2O4S/c1-2-26-16-11-7-6-10-15(16)21-18(23)13-27-17-12-19(24)22(20(17)25)14-8-4-3-5-9-14/h3-11,17H,2,12-13H2,1H3,(H,21,23). The lowest BCUT2D eigenvalue weighted by atomic mass is 10.3. The fourth-order valence-electron chi connectivity index (χ4n) is 2.80. The fourth-order valence-corrected chi connectivity index (χ4v) is 3.73. The molecule has 1 aliphatic rings. The Labute approximate surface area is 161 Å². The molecule has 1 heterocycles. The van der Waals surface area contributed by atoms with Gasteiger partial charge >= 0.3 is 0 Å². The Bertz CT molecular complexity index is 841. The molecule has 0 radical (unpaired) electrons. The fraction of sp³-hybridized carbons (Fsp3) is 0.250. The molecule has 0 aromatic heterocycles. The Balaban J connectivity index is 1.58. The molecule has 3 amide bonds. The van der Waals surface area contributed by atoms with Crippen LogP contribution in [0.2, 0.25) is 0 Å². The second kappa shape index (κ2) is 8.73. The Morgan fingerprint density at radius 1 is 1.15 bits per heavy atom. The van der Waals surface area contributed by atoms with E-state index in [1.807, 2.05) is 25.1 Å². The van der Waals surface area contributed by atoms with Crippen molar-refractivity contribution in [2.45, 2.75) is 18.6 Å². The van der Waals surface area contributed by atoms with Crippen LogP contribution in [0.5, 0.6) is 5.75 Å². The van der Waals surface area contributed by atoms with Gasteiger partial charge in [0.1, 0.15) is 5.75 Å². The average molecular weight is 384 g/mol. The van der Waals surface area contributed by atoms with Gasteiger partial charge in [-0.05, 0) is 31.2 Å². The smallest absolute Gasteiger partial charge is 0.247 e. The zero-order valence-electron chi connectivity index (χ0n) is 14.9. The number of ether oxygens (including phenoxy) is 1. The number of hydrogen-bond acceptors (Lipinski definition) is 5. The van der Waals surface area contributed by atoms with E-state index in [4.69, 9.17) is 4.74 Å². The lowest BCUT2D eigenvalue weighted by Crippen LogP contribution is -2.31. The van der Waals surface area contributed by atoms with Gasteiger partial charge in [0.05, 0.1) is 29.0 Å². The van der Waals surface area contributed by atoms with Crippen molar-refractivity contribution in [2.75, 3.05) is 22.6 Å². The summed E-state index contributed by atoms with van der Waals surface area (Å²) in [5.41, 5.74) is 1.15. The van der Waals surface area contributed by atoms with E-state index in [0.29, 0.717) is 23.7 Å². The Hall–Kier alpha value is -2.80. The second-order valence-corrected chi connectivity index (χ2v) is 7.08. The van der Waals surface area contributed by atoms with Gasteiger partial charge in [-0.2, -0.15) is 0 Å². The first-order valence-corrected chi connectivity index (χ1v) is 9.70. The van der Waals surface area contributed by atoms with Crippen LogP contribution in [0.4, 0.5) is 11.4 Å². The number of nitrogens with zero attached hydrogens (tertiary/aromatic N) is 1. The monoisotopic (exact) mass is 384 g/mol. The summed E-state index contributed by atoms with van der Waals surface area (Å²) in [4.78, 5) is 38.2. The lowest BCUT2D eigenvalue weighted by molar-refractivity contribution is -0.121. The van der Waals surface area contributed by atoms with E-state index in [2.05, 4.69) is 5.32 Å². The number of nitrogens with one attached hydrogen (secondary N) is 1. The number of imide groups is 1. The maximum atomic E-state index is 12.6. The predicted octanol–water partition coefficient (Wildman–Crippen LogP) is 3.09. The van der Waals surface area contributed by atoms with Crippen molar-refractivity contribution >= 4 is 40.9 Å². The van der Waals surface area contributed by atoms with Gasteiger partial charge in [-0.1, -0.05) is 30.3 Å². The quantitative estimate of drug-likeness (QED) is 0.743. The van der Waals surface area contributed by atoms with Gasteiger partial charge < -0.3 is 10.1 Å². The van der Waals surface area contributed by atoms with Crippen LogP contribution in [0.3, 0.4) is 0 Å². The van der Waals surface area contributed by atoms with E-state index in [9.17, 15) is 14.4 Å². The molecule has 1 atom stereocenters. The van der Waals surface area contributed by atoms with Gasteiger partial charge in [-0.25, -0.2) is 4.90 Å². The van der Waals surface area contributed by atoms with Gasteiger partial charge in [-0.3, -0.25) is 14.4 Å². The van der Waals surface area contributed by atoms with Gasteiger partial charge in [0, 0.05) is 6.42 Å². The molecule has 7 heteroatoms. The molecule has 0 spiro atoms. The number of rotatable bonds is 7. The molecule has 0 saturated carbocycles. The minimum Gasteiger partial charge on any atom is -0.492 e. The number of thioether (sulfide) groups is 1. The third kappa shape index (κ3) is 4.49. The van der Waals surface area contributed by atoms with Crippen molar-refractivity contribution in [2.24, 2.45) is 0 Å². The van der Waals surface area contributed by atoms with Gasteiger partial charge in [-0.15, -0.1) is 11.8 Å². The van der Waals surface area contributed by atoms with Crippen LogP contribution in [0.15, 0.2) is 54.6 Å². The molecule has 1 unspecified atom stereocenters. The van der Waals surface area contributed by atoms with E-state index in [0.717, 1.165) is 0 Å². The molecule has 1 saturated heterocycles. The van der Waals surface area contributed by atoms with E-state index in [1.54, 1.807) is 36.4 Å². The summed E-state index contributed by atoms with van der Waals surface area (Å²) in [6, 6.07) is 16.0. The lowest BCUT2D eigenvalue weighted by Gasteiger charge is -2.15. The molecule has 140 valence electrons. The second-order valence-electron chi connectivity index (χ2n) is 5.88. The van der Waals surface area contributed by atoms with Gasteiger partial charge in [0.15, 0.2) is 0 Å². The molecule has 1 fully saturated rings. The van der Waals surface area contributed by atoms with Crippen LogP contribution in [-0.2, 0) is 14.4 Å². The number of benzene rings is 2. The van der Waals surface area contributed by atoms with Crippen LogP contribution >= 0.6 is 11.8 Å². The summed E-state index contributed by atoms with van der Waals surface area (Å²) in [6.45, 7) is 2.37. The van der Waals surface area contributed by atoms with Crippen molar-refractivity contribution in [1.82, 2.24) is 0 Å². The summed E-state index contributed by atoms with van der Waals surface area (Å²) in [7, 11) is 0. The normalized spacial score (nSPS) is 16.5. The highest BCUT2D eigenvalue weighted by Gasteiger charge is 2.39. The average Bonchev–Trinajstić information content (AvgIpc) is 2.96. The summed E-state index contributed by atoms with van der Waals surface area (Å²) < 4.78 is 5.48. The number of para-hydroxylation sites is 3. The van der Waals surface area contributed by atoms with Crippen molar-refractivity contribution < 1.29 is 19.1 Å². The largest absolute Gasteiger partial charge is 0.492 e. The first-order valence-electron chi connectivity index (χ1n) is 8.65. The molecule has 0 aliphatic carbocycles. The molecule has 27 heavy (non-hydrogen) atoms. The summed E-state index contributed by atoms with van der Waals surface area (Å²) in [5, 5.41) is 2.24. The first kappa shape index (κ1) is 19.0. The van der Waals surface area contributed by atoms with Crippen LogP contribution in [0.25, 0.3) is 0 Å². The third-order valence-corrected chi connectivity index (χ3v) is 5.20. The number of hydrogen-bond donors (Lipinski definition) is 1. The van der Waals surface area contributed by atoms with E-state index in [-0.39, 0.29) is 29.9 Å². The minimum absolute atomic E-state index is 0.0762. The van der Waals surface area contributed by atoms with Crippen molar-refractivity contribution in [3.05, 3.63) is 54.6 Å². The molecule has 2 aromatic carbocycles. The highest BCUT2D eigenvalue weighted by atomic mass is 32.2. The number of carbonyl (C=O) groups is 3. The van der Waals surface area contributed by atoms with Gasteiger partial charge in [0.2, 0.25) is 17.7 Å². The zero-order valence-corrected chi connectivity index (χ0v) is 15.7. The van der Waals surface area contributed by atoms with Crippen LogP contribution in [-0.4, -0.2) is 35.3 Å². The molecule has 3 rings (SSSR count). The zero-order chi connectivity index (χ0) is 19.2. The molecule has 1 aliphatic heterocycles. The maximum absolute atomic E-state index is 12.6. The third-order valence-electron chi connectivity index (χ3n) is 4.00. The summed E-state index contributed by atoms with van der Waals surface area (Å²) >= 11 is 1.18. The highest BCUT2D eigenvalue weighted by Crippen LogP contribution is 2.30. The molecular weight excluding hydrogens is 364 g/mol. The molecular formula is C20H20N2O4S. The topological polar surface area (TPSA) is 75.7 Å². The van der Waals surface area contributed by atoms with E-state index < -0.39 is 5.25 Å². The summed E-state index contributed by atoms with van der Waals surface area (Å²) in [6.07, 6.45) is 0.0984.